The average Bonchev–Trinajstić information content (AvgIpc) is 4.02. The van der Waals surface area contributed by atoms with Crippen LogP contribution in [0.25, 0.3) is 94.2 Å². The Kier molecular flexibility index (Phi) is 7.78. The molecule has 12 rings (SSSR count). The maximum Gasteiger partial charge on any atom is 0.227 e. The number of benzene rings is 9. The first-order chi connectivity index (χ1) is 29.7. The Morgan fingerprint density at radius 2 is 0.917 bits per heavy atom. The van der Waals surface area contributed by atoms with E-state index >= 15 is 0 Å². The van der Waals surface area contributed by atoms with Crippen molar-refractivity contribution in [1.82, 2.24) is 9.55 Å². The number of fused-ring (bicyclic) bond motifs is 8. The van der Waals surface area contributed by atoms with Crippen molar-refractivity contribution in [3.63, 3.8) is 0 Å². The molecule has 5 nitrogen and oxygen atoms in total. The van der Waals surface area contributed by atoms with Crippen molar-refractivity contribution in [2.24, 2.45) is 0 Å². The van der Waals surface area contributed by atoms with Crippen molar-refractivity contribution in [2.75, 3.05) is 4.90 Å². The van der Waals surface area contributed by atoms with Gasteiger partial charge in [-0.1, -0.05) is 121 Å². The standard InChI is InChI=1S/C55H35N3O2/c1-4-12-36(13-5-1)37-20-25-42(26-21-37)57(44-29-31-46-45-18-10-11-19-48(45)58(49(46)35-44)41-16-8-3-9-17-41)43-27-22-38(23-28-43)40-24-30-47-52(34-40)59-50-32-33-51-54(53(47)50)56-55(60-51)39-14-6-2-7-15-39/h1-35H. The second-order valence-corrected chi connectivity index (χ2v) is 15.2. The fourth-order valence-corrected chi connectivity index (χ4v) is 8.77. The fraction of sp³-hybridized carbons (Fsp3) is 0. The molecule has 5 heteroatoms. The second kappa shape index (κ2) is 13.8. The Bertz CT molecular complexity index is 3510. The quantitative estimate of drug-likeness (QED) is 0.162. The van der Waals surface area contributed by atoms with Crippen molar-refractivity contribution in [2.45, 2.75) is 0 Å². The van der Waals surface area contributed by atoms with E-state index in [9.17, 15) is 0 Å². The average molecular weight is 770 g/mol. The summed E-state index contributed by atoms with van der Waals surface area (Å²) in [6.45, 7) is 0. The normalized spacial score (nSPS) is 11.7. The van der Waals surface area contributed by atoms with Gasteiger partial charge >= 0.3 is 0 Å². The lowest BCUT2D eigenvalue weighted by molar-refractivity contribution is 0.619. The number of hydrogen-bond acceptors (Lipinski definition) is 4. The molecule has 0 aliphatic rings. The van der Waals surface area contributed by atoms with Crippen molar-refractivity contribution in [3.8, 4) is 39.4 Å². The Balaban J connectivity index is 0.958. The van der Waals surface area contributed by atoms with Crippen LogP contribution in [0.2, 0.25) is 0 Å². The summed E-state index contributed by atoms with van der Waals surface area (Å²) in [5, 5.41) is 4.43. The highest BCUT2D eigenvalue weighted by Crippen LogP contribution is 2.42. The van der Waals surface area contributed by atoms with Crippen molar-refractivity contribution in [1.29, 1.82) is 0 Å². The SMILES string of the molecule is c1ccc(-c2ccc(N(c3ccc(-c4ccc5c(c4)oc4ccc6oc(-c7ccccc7)nc6c45)cc3)c3ccc4c5ccccc5n(-c5ccccc5)c4c3)cc2)cc1. The van der Waals surface area contributed by atoms with Gasteiger partial charge in [0.25, 0.3) is 0 Å². The Morgan fingerprint density at radius 3 is 1.65 bits per heavy atom. The number of nitrogens with zero attached hydrogens (tertiary/aromatic N) is 3. The third kappa shape index (κ3) is 5.59. The molecule has 0 aliphatic carbocycles. The lowest BCUT2D eigenvalue weighted by Crippen LogP contribution is -2.10. The molecule has 0 radical (unpaired) electrons. The molecule has 60 heavy (non-hydrogen) atoms. The number of anilines is 3. The molecule has 0 aliphatic heterocycles. The molecule has 0 fully saturated rings. The first kappa shape index (κ1) is 33.9. The Morgan fingerprint density at radius 1 is 0.367 bits per heavy atom. The van der Waals surface area contributed by atoms with Crippen LogP contribution < -0.4 is 4.90 Å². The Labute approximate surface area is 345 Å². The van der Waals surface area contributed by atoms with E-state index in [2.05, 4.69) is 179 Å². The number of oxazole rings is 1. The molecule has 9 aromatic carbocycles. The van der Waals surface area contributed by atoms with Crippen molar-refractivity contribution >= 4 is 71.9 Å². The smallest absolute Gasteiger partial charge is 0.227 e. The first-order valence-electron chi connectivity index (χ1n) is 20.2. The van der Waals surface area contributed by atoms with E-state index in [1.807, 2.05) is 42.5 Å². The third-order valence-corrected chi connectivity index (χ3v) is 11.6. The van der Waals surface area contributed by atoms with E-state index in [4.69, 9.17) is 13.8 Å². The lowest BCUT2D eigenvalue weighted by atomic mass is 10.0. The summed E-state index contributed by atoms with van der Waals surface area (Å²) >= 11 is 0. The van der Waals surface area contributed by atoms with E-state index < -0.39 is 0 Å². The van der Waals surface area contributed by atoms with Crippen LogP contribution in [-0.2, 0) is 0 Å². The summed E-state index contributed by atoms with van der Waals surface area (Å²) in [6.07, 6.45) is 0. The molecule has 0 spiro atoms. The highest BCUT2D eigenvalue weighted by atomic mass is 16.4. The number of hydrogen-bond donors (Lipinski definition) is 0. The Hall–Kier alpha value is -8.15. The molecule has 0 amide bonds. The first-order valence-corrected chi connectivity index (χ1v) is 20.2. The summed E-state index contributed by atoms with van der Waals surface area (Å²) in [6, 6.07) is 74.7. The number of furan rings is 1. The molecule has 0 saturated carbocycles. The van der Waals surface area contributed by atoms with Gasteiger partial charge < -0.3 is 18.3 Å². The highest BCUT2D eigenvalue weighted by Gasteiger charge is 2.20. The van der Waals surface area contributed by atoms with Crippen molar-refractivity contribution in [3.05, 3.63) is 212 Å². The number of aromatic nitrogens is 2. The largest absolute Gasteiger partial charge is 0.456 e. The molecular weight excluding hydrogens is 735 g/mol. The van der Waals surface area contributed by atoms with Crippen LogP contribution in [-0.4, -0.2) is 9.55 Å². The molecular formula is C55H35N3O2. The number of rotatable bonds is 7. The second-order valence-electron chi connectivity index (χ2n) is 15.2. The zero-order chi connectivity index (χ0) is 39.6. The summed E-state index contributed by atoms with van der Waals surface area (Å²) in [5.74, 6) is 0.601. The van der Waals surface area contributed by atoms with Gasteiger partial charge in [0.2, 0.25) is 5.89 Å². The molecule has 282 valence electrons. The van der Waals surface area contributed by atoms with Gasteiger partial charge in [0.05, 0.1) is 16.4 Å². The fourth-order valence-electron chi connectivity index (χ4n) is 8.77. The van der Waals surface area contributed by atoms with E-state index in [1.54, 1.807) is 0 Å². The van der Waals surface area contributed by atoms with Gasteiger partial charge in [-0.25, -0.2) is 4.98 Å². The number of para-hydroxylation sites is 2. The summed E-state index contributed by atoms with van der Waals surface area (Å²) < 4.78 is 15.0. The van der Waals surface area contributed by atoms with E-state index in [0.29, 0.717) is 5.89 Å². The van der Waals surface area contributed by atoms with Crippen molar-refractivity contribution < 1.29 is 8.83 Å². The maximum absolute atomic E-state index is 6.46. The molecule has 0 saturated heterocycles. The summed E-state index contributed by atoms with van der Waals surface area (Å²) in [5.41, 5.74) is 15.3. The summed E-state index contributed by atoms with van der Waals surface area (Å²) in [7, 11) is 0. The molecule has 3 heterocycles. The monoisotopic (exact) mass is 769 g/mol. The van der Waals surface area contributed by atoms with Gasteiger partial charge in [0, 0.05) is 44.5 Å². The van der Waals surface area contributed by atoms with Crippen LogP contribution >= 0.6 is 0 Å². The highest BCUT2D eigenvalue weighted by molar-refractivity contribution is 6.17. The van der Waals surface area contributed by atoms with Crippen LogP contribution in [0.1, 0.15) is 0 Å². The third-order valence-electron chi connectivity index (χ3n) is 11.6. The maximum atomic E-state index is 6.46. The minimum absolute atomic E-state index is 0.601. The molecule has 0 N–H and O–H groups in total. The van der Waals surface area contributed by atoms with Crippen LogP contribution in [0.5, 0.6) is 0 Å². The van der Waals surface area contributed by atoms with Crippen LogP contribution in [0.15, 0.2) is 221 Å². The minimum Gasteiger partial charge on any atom is -0.456 e. The van der Waals surface area contributed by atoms with Crippen LogP contribution in [0.3, 0.4) is 0 Å². The van der Waals surface area contributed by atoms with Gasteiger partial charge in [-0.05, 0) is 113 Å². The van der Waals surface area contributed by atoms with Crippen LogP contribution in [0, 0.1) is 0 Å². The van der Waals surface area contributed by atoms with E-state index in [0.717, 1.165) is 78.0 Å². The molecule has 0 bridgehead atoms. The van der Waals surface area contributed by atoms with Crippen LogP contribution in [0.4, 0.5) is 17.1 Å². The molecule has 0 atom stereocenters. The summed E-state index contributed by atoms with van der Waals surface area (Å²) in [4.78, 5) is 7.27. The molecule has 12 aromatic rings. The van der Waals surface area contributed by atoms with Gasteiger partial charge in [-0.3, -0.25) is 0 Å². The minimum atomic E-state index is 0.601. The van der Waals surface area contributed by atoms with Gasteiger partial charge in [0.15, 0.2) is 5.58 Å². The predicted octanol–water partition coefficient (Wildman–Crippen LogP) is 15.3. The van der Waals surface area contributed by atoms with E-state index in [-0.39, 0.29) is 0 Å². The van der Waals surface area contributed by atoms with E-state index in [1.165, 1.54) is 27.4 Å². The predicted molar refractivity (Wildman–Crippen MR) is 247 cm³/mol. The van der Waals surface area contributed by atoms with Gasteiger partial charge in [-0.2, -0.15) is 0 Å². The zero-order valence-electron chi connectivity index (χ0n) is 32.4. The molecule has 3 aromatic heterocycles. The van der Waals surface area contributed by atoms with Gasteiger partial charge in [-0.15, -0.1) is 0 Å². The topological polar surface area (TPSA) is 47.3 Å². The molecule has 0 unspecified atom stereocenters. The zero-order valence-corrected chi connectivity index (χ0v) is 32.4. The lowest BCUT2D eigenvalue weighted by Gasteiger charge is -2.26. The van der Waals surface area contributed by atoms with Gasteiger partial charge in [0.1, 0.15) is 16.7 Å².